The fourth-order valence-electron chi connectivity index (χ4n) is 5.87. The number of hydrogen-bond donors (Lipinski definition) is 1. The lowest BCUT2D eigenvalue weighted by atomic mass is 9.46. The van der Waals surface area contributed by atoms with Crippen LogP contribution in [-0.4, -0.2) is 10.8 Å². The Morgan fingerprint density at radius 1 is 1.20 bits per heavy atom. The number of aromatic nitrogens is 1. The Morgan fingerprint density at radius 2 is 1.96 bits per heavy atom. The first-order valence-corrected chi connectivity index (χ1v) is 9.60. The van der Waals surface area contributed by atoms with E-state index in [1.54, 1.807) is 0 Å². The summed E-state index contributed by atoms with van der Waals surface area (Å²) in [4.78, 5) is 16.0. The van der Waals surface area contributed by atoms with Crippen molar-refractivity contribution in [3.63, 3.8) is 0 Å². The van der Waals surface area contributed by atoms with Crippen molar-refractivity contribution in [2.45, 2.75) is 52.9 Å². The van der Waals surface area contributed by atoms with Crippen LogP contribution in [0.5, 0.6) is 0 Å². The van der Waals surface area contributed by atoms with Gasteiger partial charge in [-0.25, -0.2) is 0 Å². The van der Waals surface area contributed by atoms with Gasteiger partial charge in [-0.1, -0.05) is 51.1 Å². The number of rotatable bonds is 2. The first-order valence-electron chi connectivity index (χ1n) is 9.60. The fourth-order valence-corrected chi connectivity index (χ4v) is 5.87. The van der Waals surface area contributed by atoms with Crippen LogP contribution in [0.1, 0.15) is 52.0 Å². The maximum absolute atomic E-state index is 12.6. The normalized spacial score (nSPS) is 32.0. The summed E-state index contributed by atoms with van der Waals surface area (Å²) in [5, 5.41) is 1.33. The van der Waals surface area contributed by atoms with Gasteiger partial charge in [0.05, 0.1) is 0 Å². The molecule has 1 N–H and O–H groups in total. The molecule has 132 valence electrons. The summed E-state index contributed by atoms with van der Waals surface area (Å²) in [5.41, 5.74) is 3.95. The monoisotopic (exact) mass is 335 g/mol. The average molecular weight is 335 g/mol. The molecule has 2 fully saturated rings. The maximum Gasteiger partial charge on any atom is 0.138 e. The molecule has 1 aromatic heterocycles. The first-order chi connectivity index (χ1) is 11.8. The minimum Gasteiger partial charge on any atom is -0.361 e. The molecule has 3 atom stereocenters. The number of benzene rings is 1. The number of carbonyl (C=O) groups excluding carboxylic acids is 1. The number of carbonyl (C=O) groups is 1. The molecule has 0 bridgehead atoms. The van der Waals surface area contributed by atoms with E-state index in [1.807, 2.05) is 0 Å². The Labute approximate surface area is 150 Å². The van der Waals surface area contributed by atoms with Crippen molar-refractivity contribution < 1.29 is 4.79 Å². The van der Waals surface area contributed by atoms with Gasteiger partial charge in [0, 0.05) is 28.9 Å². The van der Waals surface area contributed by atoms with E-state index in [0.29, 0.717) is 17.6 Å². The van der Waals surface area contributed by atoms with Crippen LogP contribution < -0.4 is 0 Å². The summed E-state index contributed by atoms with van der Waals surface area (Å²) in [6.07, 6.45) is 7.09. The molecule has 2 nitrogen and oxygen atoms in total. The van der Waals surface area contributed by atoms with Crippen LogP contribution >= 0.6 is 0 Å². The van der Waals surface area contributed by atoms with Crippen LogP contribution in [0.4, 0.5) is 0 Å². The van der Waals surface area contributed by atoms with Crippen LogP contribution in [0.15, 0.2) is 42.6 Å². The van der Waals surface area contributed by atoms with E-state index >= 15 is 0 Å². The third kappa shape index (κ3) is 2.41. The van der Waals surface area contributed by atoms with Crippen molar-refractivity contribution in [3.8, 4) is 0 Å². The Balaban J connectivity index is 1.72. The molecule has 3 unspecified atom stereocenters. The molecule has 1 aromatic carbocycles. The number of H-pyrrole nitrogens is 1. The largest absolute Gasteiger partial charge is 0.361 e. The van der Waals surface area contributed by atoms with Crippen LogP contribution in [-0.2, 0) is 11.2 Å². The molecule has 4 rings (SSSR count). The van der Waals surface area contributed by atoms with Gasteiger partial charge in [0.2, 0.25) is 0 Å². The Bertz CT molecular complexity index is 843. The average Bonchev–Trinajstić information content (AvgIpc) is 2.98. The van der Waals surface area contributed by atoms with Gasteiger partial charge in [-0.05, 0) is 54.6 Å². The van der Waals surface area contributed by atoms with Gasteiger partial charge in [-0.3, -0.25) is 4.79 Å². The number of para-hydroxylation sites is 1. The molecule has 1 heterocycles. The molecule has 2 aliphatic carbocycles. The summed E-state index contributed by atoms with van der Waals surface area (Å²) < 4.78 is 0. The van der Waals surface area contributed by atoms with Crippen LogP contribution in [0.3, 0.4) is 0 Å². The molecular formula is C23H29NO. The number of ketones is 1. The Kier molecular flexibility index (Phi) is 3.72. The quantitative estimate of drug-likeness (QED) is 0.703. The fraction of sp³-hybridized carbons (Fsp3) is 0.522. The van der Waals surface area contributed by atoms with Gasteiger partial charge in [-0.15, -0.1) is 0 Å². The minimum absolute atomic E-state index is 0.172. The molecule has 2 aromatic rings. The lowest BCUT2D eigenvalue weighted by Gasteiger charge is -2.57. The second-order valence-electron chi connectivity index (χ2n) is 9.02. The zero-order chi connectivity index (χ0) is 17.8. The number of hydrogen-bond acceptors (Lipinski definition) is 1. The molecule has 2 aliphatic rings. The molecular weight excluding hydrogens is 306 g/mol. The van der Waals surface area contributed by atoms with E-state index in [1.165, 1.54) is 22.0 Å². The van der Waals surface area contributed by atoms with Crippen LogP contribution in [0.25, 0.3) is 10.9 Å². The summed E-state index contributed by atoms with van der Waals surface area (Å²) in [6, 6.07) is 8.54. The van der Waals surface area contributed by atoms with Crippen molar-refractivity contribution in [2.75, 3.05) is 0 Å². The number of fused-ring (bicyclic) bond motifs is 2. The number of Topliss-reactive ketones (excluding diaryl/α,β-unsaturated/α-hetero) is 1. The SMILES string of the molecule is C=C1CCC2C(C)(C)C(=O)CCC2(C)C1Cc1c[nH]c2ccccc12. The predicted molar refractivity (Wildman–Crippen MR) is 103 cm³/mol. The third-order valence-corrected chi connectivity index (χ3v) is 7.42. The second kappa shape index (κ2) is 5.59. The van der Waals surface area contributed by atoms with E-state index in [-0.39, 0.29) is 10.8 Å². The summed E-state index contributed by atoms with van der Waals surface area (Å²) in [5.74, 6) is 1.37. The second-order valence-corrected chi connectivity index (χ2v) is 9.02. The van der Waals surface area contributed by atoms with E-state index in [0.717, 1.165) is 32.1 Å². The first kappa shape index (κ1) is 16.6. The van der Waals surface area contributed by atoms with Crippen molar-refractivity contribution in [2.24, 2.45) is 22.7 Å². The van der Waals surface area contributed by atoms with Gasteiger partial charge >= 0.3 is 0 Å². The van der Waals surface area contributed by atoms with E-state index in [4.69, 9.17) is 0 Å². The maximum atomic E-state index is 12.6. The molecule has 0 aliphatic heterocycles. The molecule has 0 spiro atoms. The van der Waals surface area contributed by atoms with E-state index in [9.17, 15) is 4.79 Å². The molecule has 0 radical (unpaired) electrons. The highest BCUT2D eigenvalue weighted by molar-refractivity contribution is 5.86. The van der Waals surface area contributed by atoms with E-state index in [2.05, 4.69) is 62.8 Å². The van der Waals surface area contributed by atoms with Crippen molar-refractivity contribution in [3.05, 3.63) is 48.2 Å². The van der Waals surface area contributed by atoms with Gasteiger partial charge < -0.3 is 4.98 Å². The molecule has 0 amide bonds. The number of allylic oxidation sites excluding steroid dienone is 1. The Hall–Kier alpha value is -1.83. The standard InChI is InChI=1S/C23H29NO/c1-15-9-10-20-22(2,3)21(25)11-12-23(20,4)18(15)13-16-14-24-19-8-6-5-7-17(16)19/h5-8,14,18,20,24H,1,9-13H2,2-4H3. The van der Waals surface area contributed by atoms with Crippen molar-refractivity contribution in [1.29, 1.82) is 0 Å². The Morgan fingerprint density at radius 3 is 2.76 bits per heavy atom. The molecule has 25 heavy (non-hydrogen) atoms. The number of nitrogens with one attached hydrogen (secondary N) is 1. The highest BCUT2D eigenvalue weighted by Gasteiger charge is 2.55. The minimum atomic E-state index is -0.202. The van der Waals surface area contributed by atoms with Crippen molar-refractivity contribution >= 4 is 16.7 Å². The topological polar surface area (TPSA) is 32.9 Å². The van der Waals surface area contributed by atoms with Crippen LogP contribution in [0.2, 0.25) is 0 Å². The van der Waals surface area contributed by atoms with Gasteiger partial charge in [0.15, 0.2) is 0 Å². The summed E-state index contributed by atoms with van der Waals surface area (Å²) >= 11 is 0. The zero-order valence-corrected chi connectivity index (χ0v) is 15.7. The van der Waals surface area contributed by atoms with Crippen LogP contribution in [0, 0.1) is 22.7 Å². The van der Waals surface area contributed by atoms with E-state index < -0.39 is 0 Å². The number of aromatic amines is 1. The predicted octanol–water partition coefficient (Wildman–Crippen LogP) is 5.69. The van der Waals surface area contributed by atoms with Crippen molar-refractivity contribution in [1.82, 2.24) is 4.98 Å². The molecule has 0 saturated heterocycles. The highest BCUT2D eigenvalue weighted by atomic mass is 16.1. The summed E-state index contributed by atoms with van der Waals surface area (Å²) in [6.45, 7) is 11.2. The van der Waals surface area contributed by atoms with Gasteiger partial charge in [0.1, 0.15) is 5.78 Å². The molecule has 2 heteroatoms. The zero-order valence-electron chi connectivity index (χ0n) is 15.7. The van der Waals surface area contributed by atoms with Gasteiger partial charge in [-0.2, -0.15) is 0 Å². The van der Waals surface area contributed by atoms with Gasteiger partial charge in [0.25, 0.3) is 0 Å². The lowest BCUT2D eigenvalue weighted by Crippen LogP contribution is -2.53. The molecule has 2 saturated carbocycles. The smallest absolute Gasteiger partial charge is 0.138 e. The lowest BCUT2D eigenvalue weighted by molar-refractivity contribution is -0.144. The summed E-state index contributed by atoms with van der Waals surface area (Å²) in [7, 11) is 0. The third-order valence-electron chi connectivity index (χ3n) is 7.42. The highest BCUT2D eigenvalue weighted by Crippen LogP contribution is 2.60.